The van der Waals surface area contributed by atoms with E-state index in [1.165, 1.54) is 6.26 Å². The van der Waals surface area contributed by atoms with Crippen LogP contribution >= 0.6 is 0 Å². The first-order chi connectivity index (χ1) is 4.97. The first-order valence-corrected chi connectivity index (χ1v) is 2.72. The molecule has 0 aromatic carbocycles. The zero-order chi connectivity index (χ0) is 6.81. The summed E-state index contributed by atoms with van der Waals surface area (Å²) >= 11 is 0. The summed E-state index contributed by atoms with van der Waals surface area (Å²) in [6, 6.07) is 0. The number of aromatic nitrogens is 4. The molecule has 54 valence electrons. The van der Waals surface area contributed by atoms with Crippen LogP contribution in [0.1, 0.15) is 0 Å². The van der Waals surface area contributed by atoms with Crippen molar-refractivity contribution in [2.45, 2.75) is 0 Å². The average molecular weight is 343 g/mol. The SMILES string of the molecule is [Pb].c1coc(-c2cn[nH]n2)n1. The van der Waals surface area contributed by atoms with Gasteiger partial charge in [0.1, 0.15) is 6.26 Å². The number of nitrogens with one attached hydrogen (secondary N) is 1. The van der Waals surface area contributed by atoms with Gasteiger partial charge in [-0.2, -0.15) is 15.4 Å². The van der Waals surface area contributed by atoms with Crippen molar-refractivity contribution >= 4 is 27.3 Å². The summed E-state index contributed by atoms with van der Waals surface area (Å²) in [6.45, 7) is 0. The normalized spacial score (nSPS) is 9.09. The van der Waals surface area contributed by atoms with E-state index in [4.69, 9.17) is 4.42 Å². The molecular formula is C5H4N4OPb. The molecular weight excluding hydrogens is 339 g/mol. The molecule has 0 spiro atoms. The van der Waals surface area contributed by atoms with Gasteiger partial charge in [0.05, 0.1) is 12.4 Å². The van der Waals surface area contributed by atoms with Crippen molar-refractivity contribution in [3.63, 3.8) is 0 Å². The van der Waals surface area contributed by atoms with E-state index >= 15 is 0 Å². The minimum Gasteiger partial charge on any atom is -0.443 e. The monoisotopic (exact) mass is 344 g/mol. The van der Waals surface area contributed by atoms with Gasteiger partial charge in [0.2, 0.25) is 5.89 Å². The van der Waals surface area contributed by atoms with Gasteiger partial charge >= 0.3 is 0 Å². The molecule has 2 heterocycles. The van der Waals surface area contributed by atoms with Gasteiger partial charge in [0.15, 0.2) is 5.69 Å². The maximum atomic E-state index is 4.94. The predicted octanol–water partition coefficient (Wildman–Crippen LogP) is 0.0789. The molecule has 0 fully saturated rings. The zero-order valence-corrected chi connectivity index (χ0v) is 9.37. The van der Waals surface area contributed by atoms with Gasteiger partial charge in [0, 0.05) is 27.3 Å². The van der Waals surface area contributed by atoms with Gasteiger partial charge < -0.3 is 4.42 Å². The molecule has 0 saturated carbocycles. The van der Waals surface area contributed by atoms with E-state index in [2.05, 4.69) is 20.4 Å². The standard InChI is InChI=1S/C5H4N4O.Pb/c1-2-10-5(6-1)4-3-7-9-8-4;/h1-3H,(H,7,8,9);. The summed E-state index contributed by atoms with van der Waals surface area (Å²) in [7, 11) is 0. The van der Waals surface area contributed by atoms with Gasteiger partial charge in [-0.05, 0) is 0 Å². The van der Waals surface area contributed by atoms with Crippen LogP contribution in [0.25, 0.3) is 11.6 Å². The third kappa shape index (κ3) is 1.64. The van der Waals surface area contributed by atoms with Crippen LogP contribution < -0.4 is 0 Å². The van der Waals surface area contributed by atoms with E-state index in [9.17, 15) is 0 Å². The first kappa shape index (κ1) is 8.37. The van der Waals surface area contributed by atoms with E-state index in [-0.39, 0.29) is 27.3 Å². The molecule has 0 atom stereocenters. The van der Waals surface area contributed by atoms with Crippen molar-refractivity contribution in [1.82, 2.24) is 20.4 Å². The molecule has 1 N–H and O–H groups in total. The van der Waals surface area contributed by atoms with Gasteiger partial charge in [-0.1, -0.05) is 0 Å². The number of H-pyrrole nitrogens is 1. The summed E-state index contributed by atoms with van der Waals surface area (Å²) in [6.07, 6.45) is 4.60. The van der Waals surface area contributed by atoms with Crippen LogP contribution in [0.2, 0.25) is 0 Å². The third-order valence-electron chi connectivity index (χ3n) is 1.07. The topological polar surface area (TPSA) is 67.6 Å². The molecule has 0 aliphatic heterocycles. The molecule has 6 heteroatoms. The molecule has 0 amide bonds. The number of hydrogen-bond acceptors (Lipinski definition) is 4. The Hall–Kier alpha value is -0.728. The minimum atomic E-state index is 0. The molecule has 0 aliphatic rings. The molecule has 5 nitrogen and oxygen atoms in total. The number of aromatic amines is 1. The van der Waals surface area contributed by atoms with Gasteiger partial charge in [-0.15, -0.1) is 0 Å². The van der Waals surface area contributed by atoms with Crippen molar-refractivity contribution in [3.05, 3.63) is 18.7 Å². The van der Waals surface area contributed by atoms with Crippen LogP contribution in [0.4, 0.5) is 0 Å². The van der Waals surface area contributed by atoms with Crippen molar-refractivity contribution < 1.29 is 4.42 Å². The second-order valence-electron chi connectivity index (χ2n) is 1.69. The molecule has 2 rings (SSSR count). The van der Waals surface area contributed by atoms with Gasteiger partial charge in [-0.3, -0.25) is 0 Å². The maximum Gasteiger partial charge on any atom is 0.248 e. The predicted molar refractivity (Wildman–Crippen MR) is 37.6 cm³/mol. The fourth-order valence-electron chi connectivity index (χ4n) is 0.655. The number of hydrogen-bond donors (Lipinski definition) is 1. The summed E-state index contributed by atoms with van der Waals surface area (Å²) in [4.78, 5) is 3.87. The molecule has 11 heavy (non-hydrogen) atoms. The van der Waals surface area contributed by atoms with E-state index in [0.29, 0.717) is 11.6 Å². The van der Waals surface area contributed by atoms with Crippen LogP contribution in [0.3, 0.4) is 0 Å². The average Bonchev–Trinajstić information content (AvgIpc) is 2.59. The molecule has 4 radical (unpaired) electrons. The minimum absolute atomic E-state index is 0. The Morgan fingerprint density at radius 3 is 2.91 bits per heavy atom. The maximum absolute atomic E-state index is 4.94. The first-order valence-electron chi connectivity index (χ1n) is 2.72. The van der Waals surface area contributed by atoms with Gasteiger partial charge in [0.25, 0.3) is 0 Å². The number of rotatable bonds is 1. The Labute approximate surface area is 82.4 Å². The van der Waals surface area contributed by atoms with Crippen LogP contribution in [0.5, 0.6) is 0 Å². The smallest absolute Gasteiger partial charge is 0.248 e. The summed E-state index contributed by atoms with van der Waals surface area (Å²) in [5, 5.41) is 9.83. The largest absolute Gasteiger partial charge is 0.443 e. The summed E-state index contributed by atoms with van der Waals surface area (Å²) < 4.78 is 4.94. The molecule has 2 aromatic heterocycles. The Balaban J connectivity index is 0.000000605. The van der Waals surface area contributed by atoms with Crippen molar-refractivity contribution in [2.75, 3.05) is 0 Å². The Bertz CT molecular complexity index is 258. The molecule has 2 aromatic rings. The van der Waals surface area contributed by atoms with E-state index in [0.717, 1.165) is 0 Å². The van der Waals surface area contributed by atoms with Crippen molar-refractivity contribution in [1.29, 1.82) is 0 Å². The third-order valence-corrected chi connectivity index (χ3v) is 1.07. The number of nitrogens with zero attached hydrogens (tertiary/aromatic N) is 3. The quantitative estimate of drug-likeness (QED) is 0.745. The van der Waals surface area contributed by atoms with Crippen molar-refractivity contribution in [3.8, 4) is 11.6 Å². The molecule has 0 saturated heterocycles. The molecule has 0 unspecified atom stereocenters. The Kier molecular flexibility index (Phi) is 2.74. The van der Waals surface area contributed by atoms with E-state index in [1.807, 2.05) is 0 Å². The van der Waals surface area contributed by atoms with Crippen LogP contribution in [0.15, 0.2) is 23.1 Å². The number of oxazole rings is 1. The van der Waals surface area contributed by atoms with Gasteiger partial charge in [-0.25, -0.2) is 4.98 Å². The zero-order valence-electron chi connectivity index (χ0n) is 5.48. The summed E-state index contributed by atoms with van der Waals surface area (Å²) in [5.41, 5.74) is 0.616. The van der Waals surface area contributed by atoms with E-state index < -0.39 is 0 Å². The second-order valence-corrected chi connectivity index (χ2v) is 1.69. The Morgan fingerprint density at radius 1 is 1.45 bits per heavy atom. The van der Waals surface area contributed by atoms with Crippen LogP contribution in [-0.2, 0) is 0 Å². The van der Waals surface area contributed by atoms with Crippen molar-refractivity contribution in [2.24, 2.45) is 0 Å². The van der Waals surface area contributed by atoms with Crippen LogP contribution in [-0.4, -0.2) is 47.7 Å². The second kappa shape index (κ2) is 3.60. The fraction of sp³-hybridized carbons (Fsp3) is 0. The molecule has 0 aliphatic carbocycles. The van der Waals surface area contributed by atoms with E-state index in [1.54, 1.807) is 12.4 Å². The van der Waals surface area contributed by atoms with Crippen LogP contribution in [0, 0.1) is 0 Å². The molecule has 0 bridgehead atoms. The Morgan fingerprint density at radius 2 is 2.36 bits per heavy atom. The fourth-order valence-corrected chi connectivity index (χ4v) is 0.655. The summed E-state index contributed by atoms with van der Waals surface area (Å²) in [5.74, 6) is 0.480.